The molecule has 134 valence electrons. The first kappa shape index (κ1) is 17.6. The van der Waals surface area contributed by atoms with Crippen LogP contribution in [-0.2, 0) is 20.7 Å². The van der Waals surface area contributed by atoms with Crippen LogP contribution in [0.15, 0.2) is 21.2 Å². The monoisotopic (exact) mass is 364 g/mol. The van der Waals surface area contributed by atoms with E-state index in [1.54, 1.807) is 18.3 Å². The number of carbonyl (C=O) groups excluding carboxylic acids is 1. The molecule has 0 aromatic carbocycles. The molecule has 0 spiro atoms. The van der Waals surface area contributed by atoms with Gasteiger partial charge in [-0.15, -0.1) is 0 Å². The molecule has 1 amide bonds. The van der Waals surface area contributed by atoms with Gasteiger partial charge in [0, 0.05) is 24.2 Å². The predicted octanol–water partition coefficient (Wildman–Crippen LogP) is 2.39. The van der Waals surface area contributed by atoms with Crippen molar-refractivity contribution in [2.24, 2.45) is 0 Å². The number of aryl methyl sites for hydroxylation is 1. The number of thiophene rings is 1. The van der Waals surface area contributed by atoms with Crippen molar-refractivity contribution < 1.29 is 23.8 Å². The second-order valence-electron chi connectivity index (χ2n) is 6.22. The Bertz CT molecular complexity index is 747. The zero-order valence-corrected chi connectivity index (χ0v) is 14.7. The van der Waals surface area contributed by atoms with Gasteiger partial charge in [0.2, 0.25) is 11.8 Å². The molecule has 3 rings (SSSR count). The smallest absolute Gasteiger partial charge is 0.305 e. The van der Waals surface area contributed by atoms with Crippen molar-refractivity contribution in [3.8, 4) is 11.5 Å². The van der Waals surface area contributed by atoms with Crippen molar-refractivity contribution in [1.82, 2.24) is 10.3 Å². The molecular formula is C17H20N2O5S. The summed E-state index contributed by atoms with van der Waals surface area (Å²) in [6, 6.07) is 1.91. The van der Waals surface area contributed by atoms with E-state index >= 15 is 0 Å². The van der Waals surface area contributed by atoms with Gasteiger partial charge in [0.15, 0.2) is 0 Å². The maximum absolute atomic E-state index is 12.5. The SMILES string of the molecule is Cc1oc(-c2ccsc2)nc1CC(=O)NC1(CC(=O)O)CCOCC1. The van der Waals surface area contributed by atoms with Crippen LogP contribution in [0.25, 0.3) is 11.5 Å². The first-order chi connectivity index (χ1) is 12.0. The lowest BCUT2D eigenvalue weighted by molar-refractivity contribution is -0.140. The number of nitrogens with zero attached hydrogens (tertiary/aromatic N) is 1. The third kappa shape index (κ3) is 4.26. The molecule has 25 heavy (non-hydrogen) atoms. The molecule has 0 saturated carbocycles. The number of carboxylic acids is 1. The predicted molar refractivity (Wildman–Crippen MR) is 91.4 cm³/mol. The van der Waals surface area contributed by atoms with Gasteiger partial charge in [-0.2, -0.15) is 11.3 Å². The first-order valence-corrected chi connectivity index (χ1v) is 9.01. The number of ether oxygens (including phenoxy) is 1. The second kappa shape index (κ2) is 7.37. The van der Waals surface area contributed by atoms with Gasteiger partial charge in [-0.1, -0.05) is 0 Å². The Hall–Kier alpha value is -2.19. The number of amides is 1. The van der Waals surface area contributed by atoms with Crippen LogP contribution in [0.2, 0.25) is 0 Å². The lowest BCUT2D eigenvalue weighted by Gasteiger charge is -2.36. The summed E-state index contributed by atoms with van der Waals surface area (Å²) in [4.78, 5) is 28.1. The minimum absolute atomic E-state index is 0.0572. The van der Waals surface area contributed by atoms with E-state index in [9.17, 15) is 9.59 Å². The van der Waals surface area contributed by atoms with Crippen molar-refractivity contribution in [2.75, 3.05) is 13.2 Å². The zero-order valence-electron chi connectivity index (χ0n) is 13.9. The van der Waals surface area contributed by atoms with E-state index < -0.39 is 11.5 Å². The summed E-state index contributed by atoms with van der Waals surface area (Å²) in [5.74, 6) is -0.0977. The van der Waals surface area contributed by atoms with Gasteiger partial charge in [-0.25, -0.2) is 4.98 Å². The molecule has 0 aliphatic carbocycles. The van der Waals surface area contributed by atoms with Crippen LogP contribution in [0.4, 0.5) is 0 Å². The average Bonchev–Trinajstić information content (AvgIpc) is 3.17. The summed E-state index contributed by atoms with van der Waals surface area (Å²) in [6.07, 6.45) is 0.924. The van der Waals surface area contributed by atoms with Gasteiger partial charge >= 0.3 is 5.97 Å². The van der Waals surface area contributed by atoms with E-state index in [2.05, 4.69) is 10.3 Å². The number of hydrogen-bond donors (Lipinski definition) is 2. The van der Waals surface area contributed by atoms with E-state index in [1.165, 1.54) is 0 Å². The number of carbonyl (C=O) groups is 2. The topological polar surface area (TPSA) is 102 Å². The molecule has 2 aromatic heterocycles. The van der Waals surface area contributed by atoms with Crippen LogP contribution in [0.3, 0.4) is 0 Å². The lowest BCUT2D eigenvalue weighted by atomic mass is 9.86. The minimum Gasteiger partial charge on any atom is -0.481 e. The molecule has 0 unspecified atom stereocenters. The maximum Gasteiger partial charge on any atom is 0.305 e. The molecule has 0 radical (unpaired) electrons. The number of carboxylic acid groups (broad SMARTS) is 1. The molecule has 1 saturated heterocycles. The van der Waals surface area contributed by atoms with E-state index in [0.29, 0.717) is 43.4 Å². The fourth-order valence-electron chi connectivity index (χ4n) is 2.99. The largest absolute Gasteiger partial charge is 0.481 e. The number of nitrogens with one attached hydrogen (secondary N) is 1. The van der Waals surface area contributed by atoms with Crippen LogP contribution < -0.4 is 5.32 Å². The van der Waals surface area contributed by atoms with Gasteiger partial charge in [-0.05, 0) is 31.2 Å². The highest BCUT2D eigenvalue weighted by Crippen LogP contribution is 2.26. The van der Waals surface area contributed by atoms with Crippen LogP contribution in [0.5, 0.6) is 0 Å². The normalized spacial score (nSPS) is 16.5. The Balaban J connectivity index is 1.70. The molecule has 2 N–H and O–H groups in total. The van der Waals surface area contributed by atoms with E-state index in [0.717, 1.165) is 5.56 Å². The average molecular weight is 364 g/mol. The molecule has 0 atom stereocenters. The molecule has 3 heterocycles. The number of aromatic nitrogens is 1. The van der Waals surface area contributed by atoms with Crippen molar-refractivity contribution in [2.45, 2.75) is 38.1 Å². The Morgan fingerprint density at radius 3 is 2.80 bits per heavy atom. The summed E-state index contributed by atoms with van der Waals surface area (Å²) < 4.78 is 10.9. The molecule has 1 aliphatic heterocycles. The van der Waals surface area contributed by atoms with Crippen LogP contribution in [0.1, 0.15) is 30.7 Å². The molecule has 0 bridgehead atoms. The Kier molecular flexibility index (Phi) is 5.19. The van der Waals surface area contributed by atoms with Gasteiger partial charge in [0.25, 0.3) is 0 Å². The number of rotatable bonds is 6. The van der Waals surface area contributed by atoms with Crippen molar-refractivity contribution in [1.29, 1.82) is 0 Å². The maximum atomic E-state index is 12.5. The summed E-state index contributed by atoms with van der Waals surface area (Å²) in [5, 5.41) is 15.9. The van der Waals surface area contributed by atoms with E-state index in [4.69, 9.17) is 14.3 Å². The fraction of sp³-hybridized carbons (Fsp3) is 0.471. The van der Waals surface area contributed by atoms with E-state index in [-0.39, 0.29) is 18.7 Å². The standard InChI is InChI=1S/C17H20N2O5S/c1-11-13(18-16(24-11)12-2-7-25-10-12)8-14(20)19-17(9-15(21)22)3-5-23-6-4-17/h2,7,10H,3-6,8-9H2,1H3,(H,19,20)(H,21,22). The molecular weight excluding hydrogens is 344 g/mol. The van der Waals surface area contributed by atoms with E-state index in [1.807, 2.05) is 16.8 Å². The molecule has 7 nitrogen and oxygen atoms in total. The number of aliphatic carboxylic acids is 1. The fourth-order valence-corrected chi connectivity index (χ4v) is 3.62. The highest BCUT2D eigenvalue weighted by molar-refractivity contribution is 7.08. The summed E-state index contributed by atoms with van der Waals surface area (Å²) in [7, 11) is 0. The van der Waals surface area contributed by atoms with Gasteiger partial charge in [0.1, 0.15) is 5.76 Å². The highest BCUT2D eigenvalue weighted by atomic mass is 32.1. The van der Waals surface area contributed by atoms with Gasteiger partial charge in [0.05, 0.1) is 24.1 Å². The molecule has 1 fully saturated rings. The molecule has 2 aromatic rings. The Morgan fingerprint density at radius 1 is 1.40 bits per heavy atom. The minimum atomic E-state index is -0.931. The van der Waals surface area contributed by atoms with Crippen LogP contribution >= 0.6 is 11.3 Å². The van der Waals surface area contributed by atoms with Crippen LogP contribution in [0, 0.1) is 6.92 Å². The third-order valence-electron chi connectivity index (χ3n) is 4.33. The van der Waals surface area contributed by atoms with Crippen LogP contribution in [-0.4, -0.2) is 40.7 Å². The molecule has 1 aliphatic rings. The summed E-state index contributed by atoms with van der Waals surface area (Å²) in [5.41, 5.74) is 0.692. The zero-order chi connectivity index (χ0) is 17.9. The first-order valence-electron chi connectivity index (χ1n) is 8.07. The quantitative estimate of drug-likeness (QED) is 0.816. The lowest BCUT2D eigenvalue weighted by Crippen LogP contribution is -2.53. The van der Waals surface area contributed by atoms with Crippen molar-refractivity contribution >= 4 is 23.2 Å². The summed E-state index contributed by atoms with van der Waals surface area (Å²) in [6.45, 7) is 2.66. The highest BCUT2D eigenvalue weighted by Gasteiger charge is 2.36. The van der Waals surface area contributed by atoms with Crippen molar-refractivity contribution in [3.63, 3.8) is 0 Å². The van der Waals surface area contributed by atoms with Gasteiger partial charge in [-0.3, -0.25) is 9.59 Å². The second-order valence-corrected chi connectivity index (χ2v) is 7.00. The third-order valence-corrected chi connectivity index (χ3v) is 5.02. The molecule has 8 heteroatoms. The van der Waals surface area contributed by atoms with Crippen molar-refractivity contribution in [3.05, 3.63) is 28.3 Å². The Morgan fingerprint density at radius 2 is 2.16 bits per heavy atom. The Labute approximate surface area is 149 Å². The van der Waals surface area contributed by atoms with Gasteiger partial charge < -0.3 is 19.6 Å². The summed E-state index contributed by atoms with van der Waals surface area (Å²) >= 11 is 1.55. The number of hydrogen-bond acceptors (Lipinski definition) is 6. The number of oxazole rings is 1.